The van der Waals surface area contributed by atoms with E-state index in [0.29, 0.717) is 23.8 Å². The molecular weight excluding hydrogens is 319 g/mol. The number of piperazine rings is 1. The number of rotatable bonds is 3. The van der Waals surface area contributed by atoms with Crippen LogP contribution in [0.2, 0.25) is 5.02 Å². The Morgan fingerprint density at radius 3 is 2.45 bits per heavy atom. The van der Waals surface area contributed by atoms with E-state index in [1.807, 2.05) is 10.2 Å². The molecule has 1 aliphatic heterocycles. The van der Waals surface area contributed by atoms with Crippen molar-refractivity contribution < 1.29 is 18.0 Å². The minimum Gasteiger partial charge on any atom is -0.366 e. The van der Waals surface area contributed by atoms with Crippen molar-refractivity contribution in [3.05, 3.63) is 23.2 Å². The Hall–Kier alpha value is -1.47. The summed E-state index contributed by atoms with van der Waals surface area (Å²) < 4.78 is 37.3. The zero-order valence-corrected chi connectivity index (χ0v) is 12.8. The number of likely N-dealkylation sites (N-methyl/N-ethyl adjacent to an activating group) is 1. The summed E-state index contributed by atoms with van der Waals surface area (Å²) >= 11 is 6.14. The molecule has 1 aromatic rings. The summed E-state index contributed by atoms with van der Waals surface area (Å²) in [6.45, 7) is 5.87. The van der Waals surface area contributed by atoms with Crippen LogP contribution in [0.4, 0.5) is 24.5 Å². The molecule has 1 amide bonds. The summed E-state index contributed by atoms with van der Waals surface area (Å²) in [5.41, 5.74) is 0.525. The fourth-order valence-electron chi connectivity index (χ4n) is 2.42. The lowest BCUT2D eigenvalue weighted by Gasteiger charge is -2.36. The number of benzene rings is 1. The summed E-state index contributed by atoms with van der Waals surface area (Å²) in [6, 6.07) is 4.55. The molecule has 1 fully saturated rings. The Morgan fingerprint density at radius 2 is 1.91 bits per heavy atom. The second-order valence-corrected chi connectivity index (χ2v) is 5.42. The van der Waals surface area contributed by atoms with Crippen molar-refractivity contribution in [2.24, 2.45) is 0 Å². The zero-order valence-electron chi connectivity index (χ0n) is 12.1. The highest BCUT2D eigenvalue weighted by Gasteiger charge is 2.39. The zero-order chi connectivity index (χ0) is 16.3. The standard InChI is InChI=1S/C14H17ClF3N3O/c1-2-20-6-8-21(9-7-20)12-10(15)4-3-5-11(12)19-13(22)14(16,17)18/h3-5H,2,6-9H2,1H3,(H,19,22). The van der Waals surface area contributed by atoms with Crippen LogP contribution in [0.25, 0.3) is 0 Å². The molecule has 2 rings (SSSR count). The number of carbonyl (C=O) groups is 1. The van der Waals surface area contributed by atoms with E-state index in [1.165, 1.54) is 12.1 Å². The van der Waals surface area contributed by atoms with E-state index in [0.717, 1.165) is 19.6 Å². The molecule has 0 unspecified atom stereocenters. The largest absolute Gasteiger partial charge is 0.471 e. The summed E-state index contributed by atoms with van der Waals surface area (Å²) in [5, 5.41) is 2.23. The fraction of sp³-hybridized carbons (Fsp3) is 0.500. The maximum absolute atomic E-state index is 12.4. The van der Waals surface area contributed by atoms with Gasteiger partial charge < -0.3 is 15.1 Å². The van der Waals surface area contributed by atoms with Crippen LogP contribution in [0, 0.1) is 0 Å². The predicted molar refractivity (Wildman–Crippen MR) is 80.5 cm³/mol. The van der Waals surface area contributed by atoms with Gasteiger partial charge in [-0.2, -0.15) is 13.2 Å². The van der Waals surface area contributed by atoms with Crippen LogP contribution in [0.3, 0.4) is 0 Å². The third-order valence-corrected chi connectivity index (χ3v) is 3.93. The molecule has 0 saturated carbocycles. The molecule has 1 heterocycles. The molecule has 22 heavy (non-hydrogen) atoms. The van der Waals surface area contributed by atoms with Crippen LogP contribution in [-0.4, -0.2) is 49.7 Å². The van der Waals surface area contributed by atoms with Gasteiger partial charge in [-0.15, -0.1) is 0 Å². The molecule has 122 valence electrons. The predicted octanol–water partition coefficient (Wildman–Crippen LogP) is 2.98. The van der Waals surface area contributed by atoms with E-state index in [-0.39, 0.29) is 5.69 Å². The maximum atomic E-state index is 12.4. The number of amides is 1. The van der Waals surface area contributed by atoms with Crippen LogP contribution in [-0.2, 0) is 4.79 Å². The summed E-state index contributed by atoms with van der Waals surface area (Å²) in [6.07, 6.45) is -4.93. The highest BCUT2D eigenvalue weighted by molar-refractivity contribution is 6.34. The van der Waals surface area contributed by atoms with Gasteiger partial charge in [0, 0.05) is 26.2 Å². The molecule has 1 saturated heterocycles. The molecule has 0 radical (unpaired) electrons. The Labute approximate surface area is 131 Å². The van der Waals surface area contributed by atoms with Crippen LogP contribution in [0.15, 0.2) is 18.2 Å². The van der Waals surface area contributed by atoms with E-state index in [9.17, 15) is 18.0 Å². The van der Waals surface area contributed by atoms with Gasteiger partial charge >= 0.3 is 12.1 Å². The van der Waals surface area contributed by atoms with E-state index >= 15 is 0 Å². The van der Waals surface area contributed by atoms with Gasteiger partial charge in [0.1, 0.15) is 0 Å². The lowest BCUT2D eigenvalue weighted by Crippen LogP contribution is -2.46. The lowest BCUT2D eigenvalue weighted by atomic mass is 10.2. The lowest BCUT2D eigenvalue weighted by molar-refractivity contribution is -0.167. The Morgan fingerprint density at radius 1 is 1.27 bits per heavy atom. The van der Waals surface area contributed by atoms with Gasteiger partial charge in [0.2, 0.25) is 0 Å². The highest BCUT2D eigenvalue weighted by Crippen LogP contribution is 2.35. The van der Waals surface area contributed by atoms with Gasteiger partial charge in [0.05, 0.1) is 16.4 Å². The van der Waals surface area contributed by atoms with E-state index < -0.39 is 12.1 Å². The quantitative estimate of drug-likeness (QED) is 0.922. The Kier molecular flexibility index (Phi) is 5.18. The minimum atomic E-state index is -4.93. The highest BCUT2D eigenvalue weighted by atomic mass is 35.5. The summed E-state index contributed by atoms with van der Waals surface area (Å²) in [7, 11) is 0. The number of halogens is 4. The van der Waals surface area contributed by atoms with E-state index in [1.54, 1.807) is 6.07 Å². The van der Waals surface area contributed by atoms with Crippen molar-refractivity contribution in [1.29, 1.82) is 0 Å². The molecule has 4 nitrogen and oxygen atoms in total. The van der Waals surface area contributed by atoms with Crippen molar-refractivity contribution in [3.63, 3.8) is 0 Å². The molecule has 1 aliphatic rings. The SMILES string of the molecule is CCN1CCN(c2c(Cl)cccc2NC(=O)C(F)(F)F)CC1. The van der Waals surface area contributed by atoms with Crippen LogP contribution in [0.1, 0.15) is 6.92 Å². The Balaban J connectivity index is 2.22. The molecule has 0 aliphatic carbocycles. The van der Waals surface area contributed by atoms with Crippen molar-refractivity contribution in [2.75, 3.05) is 42.9 Å². The smallest absolute Gasteiger partial charge is 0.366 e. The fourth-order valence-corrected chi connectivity index (χ4v) is 2.71. The number of para-hydroxylation sites is 1. The van der Waals surface area contributed by atoms with Gasteiger partial charge in [0.25, 0.3) is 0 Å². The number of anilines is 2. The van der Waals surface area contributed by atoms with Gasteiger partial charge in [-0.1, -0.05) is 24.6 Å². The van der Waals surface area contributed by atoms with Crippen molar-refractivity contribution in [1.82, 2.24) is 4.90 Å². The third-order valence-electron chi connectivity index (χ3n) is 3.63. The van der Waals surface area contributed by atoms with Gasteiger partial charge in [0.15, 0.2) is 0 Å². The third kappa shape index (κ3) is 3.84. The molecule has 0 aromatic heterocycles. The monoisotopic (exact) mass is 335 g/mol. The number of nitrogens with zero attached hydrogens (tertiary/aromatic N) is 2. The number of hydrogen-bond donors (Lipinski definition) is 1. The number of carbonyl (C=O) groups excluding carboxylic acids is 1. The van der Waals surface area contributed by atoms with Crippen LogP contribution >= 0.6 is 11.6 Å². The number of hydrogen-bond acceptors (Lipinski definition) is 3. The first-order valence-corrected chi connectivity index (χ1v) is 7.34. The average Bonchev–Trinajstić information content (AvgIpc) is 2.47. The first-order valence-electron chi connectivity index (χ1n) is 6.97. The Bertz CT molecular complexity index is 543. The van der Waals surface area contributed by atoms with E-state index in [4.69, 9.17) is 11.6 Å². The number of alkyl halides is 3. The topological polar surface area (TPSA) is 35.6 Å². The number of nitrogens with one attached hydrogen (secondary N) is 1. The molecule has 0 spiro atoms. The minimum absolute atomic E-state index is 0.0831. The van der Waals surface area contributed by atoms with Crippen molar-refractivity contribution in [2.45, 2.75) is 13.1 Å². The van der Waals surface area contributed by atoms with Crippen molar-refractivity contribution in [3.8, 4) is 0 Å². The van der Waals surface area contributed by atoms with Crippen LogP contribution < -0.4 is 10.2 Å². The molecule has 0 atom stereocenters. The molecule has 1 aromatic carbocycles. The second-order valence-electron chi connectivity index (χ2n) is 5.01. The summed E-state index contributed by atoms with van der Waals surface area (Å²) in [5.74, 6) is -2.00. The van der Waals surface area contributed by atoms with E-state index in [2.05, 4.69) is 11.8 Å². The van der Waals surface area contributed by atoms with Crippen molar-refractivity contribution >= 4 is 28.9 Å². The first-order chi connectivity index (χ1) is 10.3. The molecule has 8 heteroatoms. The molecular formula is C14H17ClF3N3O. The van der Waals surface area contributed by atoms with Gasteiger partial charge in [-0.25, -0.2) is 0 Å². The van der Waals surface area contributed by atoms with Crippen LogP contribution in [0.5, 0.6) is 0 Å². The first kappa shape index (κ1) is 16.9. The van der Waals surface area contributed by atoms with Gasteiger partial charge in [-0.3, -0.25) is 4.79 Å². The second kappa shape index (κ2) is 6.75. The molecule has 1 N–H and O–H groups in total. The summed E-state index contributed by atoms with van der Waals surface area (Å²) in [4.78, 5) is 15.3. The van der Waals surface area contributed by atoms with Gasteiger partial charge in [-0.05, 0) is 18.7 Å². The maximum Gasteiger partial charge on any atom is 0.471 e. The molecule has 0 bridgehead atoms. The average molecular weight is 336 g/mol. The normalized spacial score (nSPS) is 16.7.